The SMILES string of the molecule is Cc1ccccc1N(C)CC1(CS)CCCCCC1. The topological polar surface area (TPSA) is 3.24 Å². The highest BCUT2D eigenvalue weighted by Gasteiger charge is 2.31. The Labute approximate surface area is 123 Å². The zero-order chi connectivity index (χ0) is 13.7. The summed E-state index contributed by atoms with van der Waals surface area (Å²) in [6.45, 7) is 3.34. The summed E-state index contributed by atoms with van der Waals surface area (Å²) in [5.41, 5.74) is 3.15. The summed E-state index contributed by atoms with van der Waals surface area (Å²) in [7, 11) is 2.23. The minimum absolute atomic E-state index is 0.413. The highest BCUT2D eigenvalue weighted by Crippen LogP contribution is 2.37. The van der Waals surface area contributed by atoms with Crippen LogP contribution in [0.3, 0.4) is 0 Å². The second kappa shape index (κ2) is 6.69. The number of hydrogen-bond donors (Lipinski definition) is 1. The Hall–Kier alpha value is -0.630. The molecule has 1 aliphatic rings. The van der Waals surface area contributed by atoms with E-state index >= 15 is 0 Å². The lowest BCUT2D eigenvalue weighted by molar-refractivity contribution is 0.293. The fourth-order valence-corrected chi connectivity index (χ4v) is 3.84. The average Bonchev–Trinajstić information content (AvgIpc) is 2.65. The van der Waals surface area contributed by atoms with Crippen LogP contribution in [0.15, 0.2) is 24.3 Å². The van der Waals surface area contributed by atoms with Gasteiger partial charge in [0.05, 0.1) is 0 Å². The molecule has 0 amide bonds. The Morgan fingerprint density at radius 2 is 1.74 bits per heavy atom. The van der Waals surface area contributed by atoms with Crippen LogP contribution in [0.5, 0.6) is 0 Å². The van der Waals surface area contributed by atoms with E-state index in [1.807, 2.05) is 0 Å². The summed E-state index contributed by atoms with van der Waals surface area (Å²) in [4.78, 5) is 2.44. The number of nitrogens with zero attached hydrogens (tertiary/aromatic N) is 1. The number of thiol groups is 1. The van der Waals surface area contributed by atoms with Crippen molar-refractivity contribution in [3.8, 4) is 0 Å². The van der Waals surface area contributed by atoms with E-state index in [-0.39, 0.29) is 0 Å². The number of rotatable bonds is 4. The Kier molecular flexibility index (Phi) is 5.20. The van der Waals surface area contributed by atoms with Crippen LogP contribution in [0.4, 0.5) is 5.69 Å². The third-order valence-corrected chi connectivity index (χ3v) is 5.27. The molecule has 1 nitrogen and oxygen atoms in total. The van der Waals surface area contributed by atoms with Gasteiger partial charge >= 0.3 is 0 Å². The maximum absolute atomic E-state index is 4.68. The van der Waals surface area contributed by atoms with E-state index in [2.05, 4.69) is 55.8 Å². The summed E-state index contributed by atoms with van der Waals surface area (Å²) in [6, 6.07) is 8.69. The molecule has 0 bridgehead atoms. The van der Waals surface area contributed by atoms with Crippen molar-refractivity contribution in [3.63, 3.8) is 0 Å². The van der Waals surface area contributed by atoms with Crippen LogP contribution in [-0.4, -0.2) is 19.3 Å². The molecule has 1 aromatic carbocycles. The van der Waals surface area contributed by atoms with Crippen LogP contribution in [0.2, 0.25) is 0 Å². The molecule has 0 aliphatic heterocycles. The monoisotopic (exact) mass is 277 g/mol. The third kappa shape index (κ3) is 3.68. The Bertz CT molecular complexity index is 394. The average molecular weight is 277 g/mol. The molecule has 2 heteroatoms. The van der Waals surface area contributed by atoms with Gasteiger partial charge in [0.1, 0.15) is 0 Å². The molecule has 2 rings (SSSR count). The van der Waals surface area contributed by atoms with Crippen LogP contribution in [-0.2, 0) is 0 Å². The van der Waals surface area contributed by atoms with E-state index in [0.29, 0.717) is 5.41 Å². The molecule has 19 heavy (non-hydrogen) atoms. The van der Waals surface area contributed by atoms with Gasteiger partial charge in [-0.1, -0.05) is 43.9 Å². The highest BCUT2D eigenvalue weighted by atomic mass is 32.1. The number of benzene rings is 1. The zero-order valence-corrected chi connectivity index (χ0v) is 13.3. The fraction of sp³-hybridized carbons (Fsp3) is 0.647. The zero-order valence-electron chi connectivity index (χ0n) is 12.4. The van der Waals surface area contributed by atoms with Gasteiger partial charge in [-0.05, 0) is 42.6 Å². The number of aryl methyl sites for hydroxylation is 1. The van der Waals surface area contributed by atoms with Crippen LogP contribution < -0.4 is 4.90 Å². The van der Waals surface area contributed by atoms with Crippen molar-refractivity contribution in [2.45, 2.75) is 45.4 Å². The maximum Gasteiger partial charge on any atom is 0.0393 e. The smallest absolute Gasteiger partial charge is 0.0393 e. The standard InChI is InChI=1S/C17H27NS/c1-15-9-5-6-10-16(15)18(2)13-17(14-19)11-7-3-4-8-12-17/h5-6,9-10,19H,3-4,7-8,11-14H2,1-2H3. The molecule has 0 radical (unpaired) electrons. The summed E-state index contributed by atoms with van der Waals surface area (Å²) in [5.74, 6) is 1.02. The van der Waals surface area contributed by atoms with Crippen molar-refractivity contribution in [1.82, 2.24) is 0 Å². The largest absolute Gasteiger partial charge is 0.374 e. The molecule has 0 unspecified atom stereocenters. The van der Waals surface area contributed by atoms with Crippen molar-refractivity contribution < 1.29 is 0 Å². The molecular formula is C17H27NS. The van der Waals surface area contributed by atoms with Gasteiger partial charge in [-0.25, -0.2) is 0 Å². The summed E-state index contributed by atoms with van der Waals surface area (Å²) < 4.78 is 0. The first-order valence-electron chi connectivity index (χ1n) is 7.54. The Morgan fingerprint density at radius 1 is 1.11 bits per heavy atom. The molecule has 0 atom stereocenters. The van der Waals surface area contributed by atoms with Crippen molar-refractivity contribution >= 4 is 18.3 Å². The molecule has 0 heterocycles. The summed E-state index contributed by atoms with van der Waals surface area (Å²) >= 11 is 4.68. The predicted octanol–water partition coefficient (Wildman–Crippen LogP) is 4.70. The minimum atomic E-state index is 0.413. The lowest BCUT2D eigenvalue weighted by Gasteiger charge is -2.37. The third-order valence-electron chi connectivity index (χ3n) is 4.60. The van der Waals surface area contributed by atoms with E-state index < -0.39 is 0 Å². The fourth-order valence-electron chi connectivity index (χ4n) is 3.42. The van der Waals surface area contributed by atoms with Gasteiger partial charge in [-0.2, -0.15) is 12.6 Å². The van der Waals surface area contributed by atoms with Gasteiger partial charge in [0.15, 0.2) is 0 Å². The van der Waals surface area contributed by atoms with Gasteiger partial charge < -0.3 is 4.90 Å². The quantitative estimate of drug-likeness (QED) is 0.616. The van der Waals surface area contributed by atoms with Crippen molar-refractivity contribution in [3.05, 3.63) is 29.8 Å². The van der Waals surface area contributed by atoms with Gasteiger partial charge in [0.2, 0.25) is 0 Å². The second-order valence-corrected chi connectivity index (χ2v) is 6.53. The summed E-state index contributed by atoms with van der Waals surface area (Å²) in [5, 5.41) is 0. The normalized spacial score (nSPS) is 18.9. The molecule has 1 aromatic rings. The number of anilines is 1. The Morgan fingerprint density at radius 3 is 2.32 bits per heavy atom. The van der Waals surface area contributed by atoms with E-state index in [1.54, 1.807) is 0 Å². The highest BCUT2D eigenvalue weighted by molar-refractivity contribution is 7.80. The van der Waals surface area contributed by atoms with Crippen molar-refractivity contribution in [1.29, 1.82) is 0 Å². The van der Waals surface area contributed by atoms with E-state index in [1.165, 1.54) is 49.8 Å². The maximum atomic E-state index is 4.68. The van der Waals surface area contributed by atoms with Gasteiger partial charge in [0.25, 0.3) is 0 Å². The van der Waals surface area contributed by atoms with Gasteiger partial charge in [0, 0.05) is 19.3 Å². The Balaban J connectivity index is 2.11. The molecule has 1 fully saturated rings. The first kappa shape index (κ1) is 14.8. The molecule has 0 spiro atoms. The minimum Gasteiger partial charge on any atom is -0.374 e. The van der Waals surface area contributed by atoms with E-state index in [9.17, 15) is 0 Å². The predicted molar refractivity (Wildman–Crippen MR) is 88.4 cm³/mol. The number of para-hydroxylation sites is 1. The van der Waals surface area contributed by atoms with Gasteiger partial charge in [-0.3, -0.25) is 0 Å². The molecule has 1 aliphatic carbocycles. The van der Waals surface area contributed by atoms with Crippen LogP contribution in [0, 0.1) is 12.3 Å². The molecule has 0 saturated heterocycles. The van der Waals surface area contributed by atoms with E-state index in [0.717, 1.165) is 12.3 Å². The van der Waals surface area contributed by atoms with Crippen LogP contribution in [0.1, 0.15) is 44.1 Å². The first-order chi connectivity index (χ1) is 9.17. The number of hydrogen-bond acceptors (Lipinski definition) is 2. The lowest BCUT2D eigenvalue weighted by atomic mass is 9.81. The van der Waals surface area contributed by atoms with Crippen molar-refractivity contribution in [2.24, 2.45) is 5.41 Å². The first-order valence-corrected chi connectivity index (χ1v) is 8.18. The van der Waals surface area contributed by atoms with Gasteiger partial charge in [-0.15, -0.1) is 0 Å². The lowest BCUT2D eigenvalue weighted by Crippen LogP contribution is -2.37. The molecular weight excluding hydrogens is 250 g/mol. The van der Waals surface area contributed by atoms with Crippen molar-refractivity contribution in [2.75, 3.05) is 24.2 Å². The van der Waals surface area contributed by atoms with Crippen LogP contribution in [0.25, 0.3) is 0 Å². The summed E-state index contributed by atoms with van der Waals surface area (Å²) in [6.07, 6.45) is 8.25. The molecule has 0 aromatic heterocycles. The van der Waals surface area contributed by atoms with E-state index in [4.69, 9.17) is 0 Å². The molecule has 106 valence electrons. The second-order valence-electron chi connectivity index (χ2n) is 6.21. The molecule has 0 N–H and O–H groups in total. The molecule has 1 saturated carbocycles. The van der Waals surface area contributed by atoms with Crippen LogP contribution >= 0.6 is 12.6 Å².